The third-order valence-electron chi connectivity index (χ3n) is 4.07. The summed E-state index contributed by atoms with van der Waals surface area (Å²) in [6.07, 6.45) is 3.59. The molecule has 0 unspecified atom stereocenters. The van der Waals surface area contributed by atoms with Crippen molar-refractivity contribution in [2.45, 2.75) is 39.5 Å². The molecule has 0 atom stereocenters. The molecule has 22 heavy (non-hydrogen) atoms. The average molecular weight is 325 g/mol. The molecule has 2 heterocycles. The molecule has 1 amide bonds. The van der Waals surface area contributed by atoms with Crippen molar-refractivity contribution in [1.82, 2.24) is 20.2 Å². The minimum absolute atomic E-state index is 0.0730. The lowest BCUT2D eigenvalue weighted by molar-refractivity contribution is 0.0684. The van der Waals surface area contributed by atoms with E-state index in [2.05, 4.69) is 22.2 Å². The van der Waals surface area contributed by atoms with Crippen molar-refractivity contribution in [2.75, 3.05) is 26.2 Å². The molecule has 2 rings (SSSR count). The Labute approximate surface area is 137 Å². The Morgan fingerprint density at radius 1 is 1.45 bits per heavy atom. The normalized spacial score (nSPS) is 16.3. The highest BCUT2D eigenvalue weighted by Gasteiger charge is 2.26. The molecule has 1 saturated heterocycles. The van der Waals surface area contributed by atoms with Crippen LogP contribution in [0.1, 0.15) is 55.8 Å². The summed E-state index contributed by atoms with van der Waals surface area (Å²) in [6.45, 7) is 9.69. The fourth-order valence-electron chi connectivity index (χ4n) is 2.65. The fourth-order valence-corrected chi connectivity index (χ4v) is 2.82. The minimum Gasteiger partial charge on any atom is -0.337 e. The summed E-state index contributed by atoms with van der Waals surface area (Å²) < 4.78 is 0. The molecule has 6 heteroatoms. The molecule has 1 aliphatic heterocycles. The van der Waals surface area contributed by atoms with Crippen molar-refractivity contribution in [3.8, 4) is 0 Å². The van der Waals surface area contributed by atoms with Gasteiger partial charge in [-0.1, -0.05) is 32.4 Å². The number of nitrogens with one attached hydrogen (secondary N) is 1. The van der Waals surface area contributed by atoms with E-state index < -0.39 is 0 Å². The maximum absolute atomic E-state index is 12.7. The van der Waals surface area contributed by atoms with Crippen LogP contribution >= 0.6 is 11.6 Å². The number of carbonyl (C=O) groups is 1. The lowest BCUT2D eigenvalue weighted by Gasteiger charge is -2.32. The molecule has 0 saturated carbocycles. The van der Waals surface area contributed by atoms with Crippen LogP contribution in [0.25, 0.3) is 0 Å². The average Bonchev–Trinajstić information content (AvgIpc) is 2.53. The molecule has 0 aromatic carbocycles. The molecule has 1 aromatic heterocycles. The number of carbonyl (C=O) groups excluding carboxylic acids is 1. The molecular weight excluding hydrogens is 300 g/mol. The van der Waals surface area contributed by atoms with Crippen LogP contribution in [0, 0.1) is 5.92 Å². The second-order valence-electron chi connectivity index (χ2n) is 6.12. The molecule has 0 bridgehead atoms. The monoisotopic (exact) mass is 324 g/mol. The predicted octanol–water partition coefficient (Wildman–Crippen LogP) is 2.72. The number of hydrogen-bond acceptors (Lipinski definition) is 4. The summed E-state index contributed by atoms with van der Waals surface area (Å²) in [5, 5.41) is 3.71. The summed E-state index contributed by atoms with van der Waals surface area (Å²) in [6, 6.07) is 0. The van der Waals surface area contributed by atoms with Crippen LogP contribution in [0.3, 0.4) is 0 Å². The van der Waals surface area contributed by atoms with Crippen molar-refractivity contribution >= 4 is 17.5 Å². The highest BCUT2D eigenvalue weighted by atomic mass is 35.5. The molecule has 0 radical (unpaired) electrons. The molecule has 1 fully saturated rings. The SMILES string of the molecule is CCNCC1CCN(C(=O)c2nc(C(C)C)ncc2Cl)CC1. The van der Waals surface area contributed by atoms with Crippen molar-refractivity contribution < 1.29 is 4.79 Å². The van der Waals surface area contributed by atoms with E-state index in [1.54, 1.807) is 0 Å². The van der Waals surface area contributed by atoms with Gasteiger partial charge in [0.05, 0.1) is 11.2 Å². The number of hydrogen-bond donors (Lipinski definition) is 1. The highest BCUT2D eigenvalue weighted by molar-refractivity contribution is 6.33. The first-order valence-corrected chi connectivity index (χ1v) is 8.43. The smallest absolute Gasteiger partial charge is 0.274 e. The zero-order chi connectivity index (χ0) is 16.1. The lowest BCUT2D eigenvalue weighted by atomic mass is 9.96. The van der Waals surface area contributed by atoms with Crippen molar-refractivity contribution in [1.29, 1.82) is 0 Å². The van der Waals surface area contributed by atoms with E-state index in [-0.39, 0.29) is 11.8 Å². The Kier molecular flexibility index (Phi) is 6.15. The van der Waals surface area contributed by atoms with E-state index in [1.807, 2.05) is 18.7 Å². The molecule has 1 aliphatic rings. The summed E-state index contributed by atoms with van der Waals surface area (Å²) in [7, 11) is 0. The molecule has 5 nitrogen and oxygen atoms in total. The summed E-state index contributed by atoms with van der Waals surface area (Å²) >= 11 is 6.13. The second kappa shape index (κ2) is 7.88. The topological polar surface area (TPSA) is 58.1 Å². The van der Waals surface area contributed by atoms with E-state index in [9.17, 15) is 4.79 Å². The third-order valence-corrected chi connectivity index (χ3v) is 4.34. The predicted molar refractivity (Wildman–Crippen MR) is 88.3 cm³/mol. The zero-order valence-electron chi connectivity index (χ0n) is 13.6. The van der Waals surface area contributed by atoms with E-state index in [0.29, 0.717) is 22.5 Å². The molecule has 0 spiro atoms. The number of aromatic nitrogens is 2. The highest BCUT2D eigenvalue weighted by Crippen LogP contribution is 2.22. The van der Waals surface area contributed by atoms with Gasteiger partial charge in [0.2, 0.25) is 0 Å². The van der Waals surface area contributed by atoms with Gasteiger partial charge in [0.1, 0.15) is 5.82 Å². The number of amides is 1. The standard InChI is InChI=1S/C16H25ClN4O/c1-4-18-9-12-5-7-21(8-6-12)16(22)14-13(17)10-19-15(20-14)11(2)3/h10-12,18H,4-9H2,1-3H3. The zero-order valence-corrected chi connectivity index (χ0v) is 14.4. The van der Waals surface area contributed by atoms with Gasteiger partial charge in [-0.2, -0.15) is 0 Å². The number of nitrogens with zero attached hydrogens (tertiary/aromatic N) is 3. The lowest BCUT2D eigenvalue weighted by Crippen LogP contribution is -2.41. The van der Waals surface area contributed by atoms with E-state index in [1.165, 1.54) is 6.20 Å². The van der Waals surface area contributed by atoms with E-state index >= 15 is 0 Å². The van der Waals surface area contributed by atoms with Crippen molar-refractivity contribution in [3.63, 3.8) is 0 Å². The number of rotatable bonds is 5. The molecule has 1 aromatic rings. The maximum atomic E-state index is 12.7. The number of halogens is 1. The van der Waals surface area contributed by atoms with Gasteiger partial charge < -0.3 is 10.2 Å². The minimum atomic E-state index is -0.0730. The van der Waals surface area contributed by atoms with Gasteiger partial charge in [-0.05, 0) is 31.8 Å². The Balaban J connectivity index is 2.02. The Hall–Kier alpha value is -1.20. The molecule has 122 valence electrons. The molecule has 1 N–H and O–H groups in total. The van der Waals surface area contributed by atoms with Gasteiger partial charge in [-0.15, -0.1) is 0 Å². The van der Waals surface area contributed by atoms with Crippen LogP contribution in [-0.2, 0) is 0 Å². The first-order valence-electron chi connectivity index (χ1n) is 8.05. The van der Waals surface area contributed by atoms with Gasteiger partial charge in [0, 0.05) is 19.0 Å². The largest absolute Gasteiger partial charge is 0.337 e. The first-order chi connectivity index (χ1) is 10.5. The van der Waals surface area contributed by atoms with Crippen LogP contribution in [0.4, 0.5) is 0 Å². The summed E-state index contributed by atoms with van der Waals surface area (Å²) in [5.74, 6) is 1.41. The quantitative estimate of drug-likeness (QED) is 0.904. The van der Waals surface area contributed by atoms with Crippen LogP contribution in [0.2, 0.25) is 5.02 Å². The van der Waals surface area contributed by atoms with Crippen LogP contribution in [0.15, 0.2) is 6.20 Å². The molecular formula is C16H25ClN4O. The van der Waals surface area contributed by atoms with Gasteiger partial charge in [0.15, 0.2) is 5.69 Å². The summed E-state index contributed by atoms with van der Waals surface area (Å²) in [5.41, 5.74) is 0.338. The van der Waals surface area contributed by atoms with Crippen molar-refractivity contribution in [3.05, 3.63) is 22.7 Å². The van der Waals surface area contributed by atoms with Gasteiger partial charge in [0.25, 0.3) is 5.91 Å². The van der Waals surface area contributed by atoms with Gasteiger partial charge >= 0.3 is 0 Å². The molecule has 0 aliphatic carbocycles. The first kappa shape index (κ1) is 17.2. The van der Waals surface area contributed by atoms with E-state index in [0.717, 1.165) is 39.0 Å². The van der Waals surface area contributed by atoms with Crippen LogP contribution < -0.4 is 5.32 Å². The Morgan fingerprint density at radius 2 is 2.14 bits per heavy atom. The third kappa shape index (κ3) is 4.17. The van der Waals surface area contributed by atoms with Crippen LogP contribution in [-0.4, -0.2) is 47.0 Å². The van der Waals surface area contributed by atoms with Gasteiger partial charge in [-0.25, -0.2) is 9.97 Å². The summed E-state index contributed by atoms with van der Waals surface area (Å²) in [4.78, 5) is 23.1. The Morgan fingerprint density at radius 3 is 2.73 bits per heavy atom. The van der Waals surface area contributed by atoms with Gasteiger partial charge in [-0.3, -0.25) is 4.79 Å². The Bertz CT molecular complexity index is 513. The fraction of sp³-hybridized carbons (Fsp3) is 0.688. The second-order valence-corrected chi connectivity index (χ2v) is 6.53. The van der Waals surface area contributed by atoms with Crippen molar-refractivity contribution in [2.24, 2.45) is 5.92 Å². The van der Waals surface area contributed by atoms with E-state index in [4.69, 9.17) is 11.6 Å². The maximum Gasteiger partial charge on any atom is 0.274 e. The number of piperidine rings is 1. The number of likely N-dealkylation sites (tertiary alicyclic amines) is 1. The van der Waals surface area contributed by atoms with Crippen LogP contribution in [0.5, 0.6) is 0 Å².